The van der Waals surface area contributed by atoms with Crippen LogP contribution in [0.2, 0.25) is 0 Å². The fraction of sp³-hybridized carbons (Fsp3) is 0.267. The zero-order valence-corrected chi connectivity index (χ0v) is 22.5. The molecule has 1 N–H and O–H groups in total. The molecule has 2 aliphatic rings. The number of amides is 2. The molecule has 0 bridgehead atoms. The average Bonchev–Trinajstić information content (AvgIpc) is 2.95. The Morgan fingerprint density at radius 2 is 1.74 bits per heavy atom. The summed E-state index contributed by atoms with van der Waals surface area (Å²) in [5, 5.41) is 2.98. The van der Waals surface area contributed by atoms with Crippen molar-refractivity contribution in [3.05, 3.63) is 94.4 Å². The quantitative estimate of drug-likeness (QED) is 0.332. The standard InChI is InChI=1S/C30H30F2N4O2S/c1-34-26-19-22(7-12-27(26)39-28(30(34)38)20-21-5-2-3-6-25(21)32)29(37)33-13-4-14-35-15-17-36(18-16-35)24-10-8-23(31)9-11-24/h2-3,5-12,19-20H,4,13-18H2,1H3,(H,33,37)/b28-20-. The van der Waals surface area contributed by atoms with Crippen LogP contribution in [0.15, 0.2) is 76.5 Å². The second-order valence-electron chi connectivity index (χ2n) is 9.59. The summed E-state index contributed by atoms with van der Waals surface area (Å²) in [6.45, 7) is 5.03. The summed E-state index contributed by atoms with van der Waals surface area (Å²) < 4.78 is 27.3. The molecule has 3 aromatic rings. The SMILES string of the molecule is CN1C(=O)/C(=C/c2ccccc2F)Sc2ccc(C(=O)NCCCN3CCN(c4ccc(F)cc4)CC3)cc21. The Kier molecular flexibility index (Phi) is 8.28. The number of anilines is 2. The number of fused-ring (bicyclic) bond motifs is 1. The molecule has 0 spiro atoms. The predicted molar refractivity (Wildman–Crippen MR) is 152 cm³/mol. The van der Waals surface area contributed by atoms with E-state index in [2.05, 4.69) is 15.1 Å². The largest absolute Gasteiger partial charge is 0.369 e. The average molecular weight is 549 g/mol. The highest BCUT2D eigenvalue weighted by atomic mass is 32.2. The number of hydrogen-bond acceptors (Lipinski definition) is 5. The molecule has 0 unspecified atom stereocenters. The van der Waals surface area contributed by atoms with E-state index in [0.717, 1.165) is 49.7 Å². The van der Waals surface area contributed by atoms with Crippen LogP contribution in [0.1, 0.15) is 22.3 Å². The molecule has 202 valence electrons. The van der Waals surface area contributed by atoms with E-state index in [0.29, 0.717) is 28.3 Å². The third kappa shape index (κ3) is 6.32. The minimum atomic E-state index is -0.383. The molecule has 5 rings (SSSR count). The zero-order valence-electron chi connectivity index (χ0n) is 21.7. The molecule has 6 nitrogen and oxygen atoms in total. The van der Waals surface area contributed by atoms with Crippen LogP contribution in [0.4, 0.5) is 20.2 Å². The van der Waals surface area contributed by atoms with Crippen LogP contribution in [0.5, 0.6) is 0 Å². The van der Waals surface area contributed by atoms with Crippen LogP contribution in [0, 0.1) is 11.6 Å². The van der Waals surface area contributed by atoms with Crippen molar-refractivity contribution in [2.45, 2.75) is 11.3 Å². The van der Waals surface area contributed by atoms with Gasteiger partial charge in [-0.05, 0) is 67.6 Å². The van der Waals surface area contributed by atoms with Crippen molar-refractivity contribution in [1.82, 2.24) is 10.2 Å². The molecule has 0 aliphatic carbocycles. The lowest BCUT2D eigenvalue weighted by Gasteiger charge is -2.36. The fourth-order valence-electron chi connectivity index (χ4n) is 4.76. The molecule has 0 atom stereocenters. The van der Waals surface area contributed by atoms with Gasteiger partial charge in [-0.2, -0.15) is 0 Å². The van der Waals surface area contributed by atoms with E-state index in [4.69, 9.17) is 0 Å². The van der Waals surface area contributed by atoms with Crippen LogP contribution < -0.4 is 15.1 Å². The topological polar surface area (TPSA) is 55.9 Å². The Labute approximate surface area is 231 Å². The molecular weight excluding hydrogens is 518 g/mol. The number of nitrogens with one attached hydrogen (secondary N) is 1. The lowest BCUT2D eigenvalue weighted by atomic mass is 10.1. The molecule has 2 heterocycles. The molecule has 0 radical (unpaired) electrons. The Morgan fingerprint density at radius 1 is 1.00 bits per heavy atom. The van der Waals surface area contributed by atoms with E-state index in [1.165, 1.54) is 34.9 Å². The third-order valence-electron chi connectivity index (χ3n) is 7.01. The van der Waals surface area contributed by atoms with Crippen molar-refractivity contribution in [2.24, 2.45) is 0 Å². The van der Waals surface area contributed by atoms with Gasteiger partial charge in [0.05, 0.1) is 10.6 Å². The Balaban J connectivity index is 1.11. The highest BCUT2D eigenvalue weighted by Gasteiger charge is 2.27. The summed E-state index contributed by atoms with van der Waals surface area (Å²) in [5.74, 6) is -1.03. The van der Waals surface area contributed by atoms with Crippen molar-refractivity contribution < 1.29 is 18.4 Å². The predicted octanol–water partition coefficient (Wildman–Crippen LogP) is 5.02. The number of likely N-dealkylation sites (N-methyl/N-ethyl adjacent to an activating group) is 1. The van der Waals surface area contributed by atoms with Crippen molar-refractivity contribution >= 4 is 41.0 Å². The molecule has 3 aromatic carbocycles. The summed E-state index contributed by atoms with van der Waals surface area (Å²) >= 11 is 1.28. The van der Waals surface area contributed by atoms with Gasteiger partial charge in [0.2, 0.25) is 0 Å². The maximum Gasteiger partial charge on any atom is 0.264 e. The number of piperazine rings is 1. The number of hydrogen-bond donors (Lipinski definition) is 1. The minimum absolute atomic E-state index is 0.183. The lowest BCUT2D eigenvalue weighted by Crippen LogP contribution is -2.47. The van der Waals surface area contributed by atoms with E-state index < -0.39 is 0 Å². The molecule has 0 aromatic heterocycles. The minimum Gasteiger partial charge on any atom is -0.369 e. The van der Waals surface area contributed by atoms with Crippen LogP contribution in [0.25, 0.3) is 6.08 Å². The van der Waals surface area contributed by atoms with Crippen molar-refractivity contribution in [2.75, 3.05) is 56.1 Å². The van der Waals surface area contributed by atoms with E-state index >= 15 is 0 Å². The number of benzene rings is 3. The number of rotatable bonds is 7. The maximum absolute atomic E-state index is 14.1. The first-order valence-electron chi connectivity index (χ1n) is 13.0. The van der Waals surface area contributed by atoms with E-state index in [-0.39, 0.29) is 23.4 Å². The van der Waals surface area contributed by atoms with Crippen molar-refractivity contribution in [3.8, 4) is 0 Å². The number of carbonyl (C=O) groups excluding carboxylic acids is 2. The fourth-order valence-corrected chi connectivity index (χ4v) is 5.84. The van der Waals surface area contributed by atoms with E-state index in [1.54, 1.807) is 43.5 Å². The van der Waals surface area contributed by atoms with Gasteiger partial charge in [-0.15, -0.1) is 0 Å². The summed E-state index contributed by atoms with van der Waals surface area (Å²) in [4.78, 5) is 33.1. The Hall–Kier alpha value is -3.69. The van der Waals surface area contributed by atoms with Crippen LogP contribution >= 0.6 is 11.8 Å². The summed E-state index contributed by atoms with van der Waals surface area (Å²) in [6, 6.07) is 18.2. The second-order valence-corrected chi connectivity index (χ2v) is 10.7. The first kappa shape index (κ1) is 26.9. The molecule has 2 aliphatic heterocycles. The van der Waals surface area contributed by atoms with Crippen LogP contribution in [-0.2, 0) is 4.79 Å². The normalized spacial score (nSPS) is 16.9. The molecule has 1 saturated heterocycles. The molecule has 2 amide bonds. The van der Waals surface area contributed by atoms with Crippen LogP contribution in [0.3, 0.4) is 0 Å². The molecule has 9 heteroatoms. The number of thioether (sulfide) groups is 1. The molecule has 39 heavy (non-hydrogen) atoms. The van der Waals surface area contributed by atoms with Gasteiger partial charge < -0.3 is 15.1 Å². The van der Waals surface area contributed by atoms with Gasteiger partial charge in [0.25, 0.3) is 11.8 Å². The van der Waals surface area contributed by atoms with Gasteiger partial charge in [0, 0.05) is 61.5 Å². The van der Waals surface area contributed by atoms with Crippen molar-refractivity contribution in [3.63, 3.8) is 0 Å². The summed E-state index contributed by atoms with van der Waals surface area (Å²) in [6.07, 6.45) is 2.39. The highest BCUT2D eigenvalue weighted by Crippen LogP contribution is 2.42. The number of nitrogens with zero attached hydrogens (tertiary/aromatic N) is 3. The van der Waals surface area contributed by atoms with Crippen molar-refractivity contribution in [1.29, 1.82) is 0 Å². The van der Waals surface area contributed by atoms with E-state index in [1.807, 2.05) is 18.2 Å². The maximum atomic E-state index is 14.1. The number of halogens is 2. The Morgan fingerprint density at radius 3 is 2.49 bits per heavy atom. The summed E-state index contributed by atoms with van der Waals surface area (Å²) in [5.41, 5.74) is 2.54. The number of carbonyl (C=O) groups is 2. The monoisotopic (exact) mass is 548 g/mol. The molecular formula is C30H30F2N4O2S. The van der Waals surface area contributed by atoms with Crippen LogP contribution in [-0.4, -0.2) is 63.0 Å². The highest BCUT2D eigenvalue weighted by molar-refractivity contribution is 8.04. The Bertz CT molecular complexity index is 1390. The molecule has 1 fully saturated rings. The lowest BCUT2D eigenvalue weighted by molar-refractivity contribution is -0.114. The third-order valence-corrected chi connectivity index (χ3v) is 8.09. The van der Waals surface area contributed by atoms with Gasteiger partial charge in [-0.25, -0.2) is 8.78 Å². The first-order chi connectivity index (χ1) is 18.9. The van der Waals surface area contributed by atoms with Gasteiger partial charge in [-0.3, -0.25) is 14.5 Å². The zero-order chi connectivity index (χ0) is 27.4. The second kappa shape index (κ2) is 12.0. The first-order valence-corrected chi connectivity index (χ1v) is 13.8. The van der Waals surface area contributed by atoms with Gasteiger partial charge in [0.15, 0.2) is 0 Å². The summed E-state index contributed by atoms with van der Waals surface area (Å²) in [7, 11) is 1.66. The smallest absolute Gasteiger partial charge is 0.264 e. The van der Waals surface area contributed by atoms with Gasteiger partial charge in [0.1, 0.15) is 11.6 Å². The van der Waals surface area contributed by atoms with Gasteiger partial charge >= 0.3 is 0 Å². The molecule has 0 saturated carbocycles. The van der Waals surface area contributed by atoms with E-state index in [9.17, 15) is 18.4 Å². The van der Waals surface area contributed by atoms with Gasteiger partial charge in [-0.1, -0.05) is 30.0 Å².